The number of halogens is 1. The van der Waals surface area contributed by atoms with Crippen molar-refractivity contribution in [1.82, 2.24) is 5.32 Å². The normalized spacial score (nSPS) is 10.4. The largest absolute Gasteiger partial charge is 0.497 e. The Labute approximate surface area is 116 Å². The average molecular weight is 316 g/mol. The van der Waals surface area contributed by atoms with Crippen molar-refractivity contribution in [1.29, 1.82) is 0 Å². The summed E-state index contributed by atoms with van der Waals surface area (Å²) in [5.74, 6) is 0.897. The summed E-state index contributed by atoms with van der Waals surface area (Å²) in [7, 11) is 3.25. The lowest BCUT2D eigenvalue weighted by molar-refractivity contribution is -0.117. The van der Waals surface area contributed by atoms with Crippen LogP contribution < -0.4 is 10.1 Å². The van der Waals surface area contributed by atoms with Crippen LogP contribution in [0.4, 0.5) is 0 Å². The minimum Gasteiger partial charge on any atom is -0.497 e. The number of ether oxygens (including phenoxy) is 2. The quantitative estimate of drug-likeness (QED) is 0.743. The Morgan fingerprint density at radius 3 is 2.83 bits per heavy atom. The van der Waals surface area contributed by atoms with Gasteiger partial charge in [-0.2, -0.15) is 0 Å². The summed E-state index contributed by atoms with van der Waals surface area (Å²) < 4.78 is 11.0. The van der Waals surface area contributed by atoms with Crippen LogP contribution in [0, 0.1) is 0 Å². The van der Waals surface area contributed by atoms with Crippen LogP contribution in [0.5, 0.6) is 5.75 Å². The Hall–Kier alpha value is -0.910. The fraction of sp³-hybridized carbons (Fsp3) is 0.462. The van der Waals surface area contributed by atoms with E-state index in [2.05, 4.69) is 21.2 Å². The summed E-state index contributed by atoms with van der Waals surface area (Å²) in [4.78, 5) is 11.8. The molecule has 0 radical (unpaired) electrons. The third-order valence-corrected chi connectivity index (χ3v) is 3.22. The van der Waals surface area contributed by atoms with Gasteiger partial charge in [-0.05, 0) is 23.8 Å². The van der Waals surface area contributed by atoms with Crippen molar-refractivity contribution in [2.24, 2.45) is 0 Å². The van der Waals surface area contributed by atoms with E-state index in [4.69, 9.17) is 9.47 Å². The number of rotatable bonds is 8. The molecule has 1 rings (SSSR count). The highest BCUT2D eigenvalue weighted by molar-refractivity contribution is 9.10. The molecule has 0 saturated heterocycles. The third-order valence-electron chi connectivity index (χ3n) is 2.45. The third kappa shape index (κ3) is 5.16. The summed E-state index contributed by atoms with van der Waals surface area (Å²) >= 11 is 3.43. The summed E-state index contributed by atoms with van der Waals surface area (Å²) in [6, 6.07) is 5.62. The first-order valence-electron chi connectivity index (χ1n) is 5.71. The van der Waals surface area contributed by atoms with Crippen molar-refractivity contribution in [3.8, 4) is 5.75 Å². The van der Waals surface area contributed by atoms with Gasteiger partial charge in [0.15, 0.2) is 5.78 Å². The first kappa shape index (κ1) is 15.1. The highest BCUT2D eigenvalue weighted by atomic mass is 79.9. The second-order valence-corrected chi connectivity index (χ2v) is 4.70. The summed E-state index contributed by atoms with van der Waals surface area (Å²) in [5.41, 5.74) is 0.938. The lowest BCUT2D eigenvalue weighted by Crippen LogP contribution is -2.27. The molecular weight excluding hydrogens is 298 g/mol. The SMILES string of the molecule is COCCNCC(=O)Cc1cc(OC)ccc1Br. The molecule has 0 aromatic heterocycles. The fourth-order valence-electron chi connectivity index (χ4n) is 1.49. The van der Waals surface area contributed by atoms with Crippen LogP contribution in [0.3, 0.4) is 0 Å². The van der Waals surface area contributed by atoms with Gasteiger partial charge in [0.25, 0.3) is 0 Å². The molecule has 0 aliphatic carbocycles. The lowest BCUT2D eigenvalue weighted by Gasteiger charge is -2.07. The monoisotopic (exact) mass is 315 g/mol. The van der Waals surface area contributed by atoms with Crippen molar-refractivity contribution in [3.63, 3.8) is 0 Å². The van der Waals surface area contributed by atoms with E-state index in [9.17, 15) is 4.79 Å². The van der Waals surface area contributed by atoms with E-state index in [-0.39, 0.29) is 5.78 Å². The molecule has 0 unspecified atom stereocenters. The molecule has 1 N–H and O–H groups in total. The van der Waals surface area contributed by atoms with Crippen LogP contribution >= 0.6 is 15.9 Å². The van der Waals surface area contributed by atoms with Gasteiger partial charge in [-0.15, -0.1) is 0 Å². The first-order chi connectivity index (χ1) is 8.67. The smallest absolute Gasteiger partial charge is 0.151 e. The number of nitrogens with one attached hydrogen (secondary N) is 1. The Balaban J connectivity index is 2.48. The predicted octanol–water partition coefficient (Wildman–Crippen LogP) is 1.81. The van der Waals surface area contributed by atoms with Crippen LogP contribution in [0.1, 0.15) is 5.56 Å². The molecule has 18 heavy (non-hydrogen) atoms. The number of carbonyl (C=O) groups is 1. The Morgan fingerprint density at radius 1 is 1.39 bits per heavy atom. The second kappa shape index (κ2) is 8.24. The number of hydrogen-bond acceptors (Lipinski definition) is 4. The number of hydrogen-bond donors (Lipinski definition) is 1. The molecule has 4 nitrogen and oxygen atoms in total. The Bertz CT molecular complexity index is 396. The standard InChI is InChI=1S/C13H18BrNO3/c1-17-6-5-15-9-11(16)7-10-8-12(18-2)3-4-13(10)14/h3-4,8,15H,5-7,9H2,1-2H3. The molecule has 0 bridgehead atoms. The lowest BCUT2D eigenvalue weighted by atomic mass is 10.1. The molecule has 0 aliphatic heterocycles. The van der Waals surface area contributed by atoms with E-state index in [1.165, 1.54) is 0 Å². The van der Waals surface area contributed by atoms with Gasteiger partial charge in [0.05, 0.1) is 20.3 Å². The van der Waals surface area contributed by atoms with E-state index in [0.717, 1.165) is 15.8 Å². The highest BCUT2D eigenvalue weighted by Crippen LogP contribution is 2.22. The number of Topliss-reactive ketones (excluding diaryl/α,β-unsaturated/α-hetero) is 1. The Morgan fingerprint density at radius 2 is 2.17 bits per heavy atom. The van der Waals surface area contributed by atoms with Gasteiger partial charge >= 0.3 is 0 Å². The van der Waals surface area contributed by atoms with Gasteiger partial charge in [-0.25, -0.2) is 0 Å². The van der Waals surface area contributed by atoms with Crippen molar-refractivity contribution >= 4 is 21.7 Å². The molecule has 0 atom stereocenters. The number of benzene rings is 1. The van der Waals surface area contributed by atoms with Gasteiger partial charge < -0.3 is 14.8 Å². The maximum Gasteiger partial charge on any atom is 0.151 e. The summed E-state index contributed by atoms with van der Waals surface area (Å²) in [6.07, 6.45) is 0.387. The maximum absolute atomic E-state index is 11.8. The molecule has 0 spiro atoms. The molecule has 0 heterocycles. The average Bonchev–Trinajstić information content (AvgIpc) is 2.37. The van der Waals surface area contributed by atoms with Crippen molar-refractivity contribution in [3.05, 3.63) is 28.2 Å². The van der Waals surface area contributed by atoms with Gasteiger partial charge in [-0.1, -0.05) is 15.9 Å². The molecule has 5 heteroatoms. The van der Waals surface area contributed by atoms with Gasteiger partial charge in [0.1, 0.15) is 5.75 Å². The molecule has 0 amide bonds. The molecule has 1 aromatic carbocycles. The van der Waals surface area contributed by atoms with Crippen LogP contribution in [0.2, 0.25) is 0 Å². The minimum absolute atomic E-state index is 0.139. The topological polar surface area (TPSA) is 47.6 Å². The summed E-state index contributed by atoms with van der Waals surface area (Å²) in [6.45, 7) is 1.64. The van der Waals surface area contributed by atoms with Crippen LogP contribution in [-0.2, 0) is 16.0 Å². The molecule has 0 aliphatic rings. The van der Waals surface area contributed by atoms with Crippen molar-refractivity contribution < 1.29 is 14.3 Å². The molecule has 0 fully saturated rings. The van der Waals surface area contributed by atoms with E-state index in [1.54, 1.807) is 14.2 Å². The zero-order chi connectivity index (χ0) is 13.4. The van der Waals surface area contributed by atoms with Crippen LogP contribution in [-0.4, -0.2) is 39.7 Å². The Kier molecular flexibility index (Phi) is 6.93. The summed E-state index contributed by atoms with van der Waals surface area (Å²) in [5, 5.41) is 3.03. The maximum atomic E-state index is 11.8. The molecular formula is C13H18BrNO3. The predicted molar refractivity (Wildman–Crippen MR) is 74.2 cm³/mol. The van der Waals surface area contributed by atoms with E-state index < -0.39 is 0 Å². The van der Waals surface area contributed by atoms with Gasteiger partial charge in [0, 0.05) is 24.5 Å². The molecule has 0 saturated carbocycles. The number of methoxy groups -OCH3 is 2. The zero-order valence-corrected chi connectivity index (χ0v) is 12.2. The number of carbonyl (C=O) groups excluding carboxylic acids is 1. The zero-order valence-electron chi connectivity index (χ0n) is 10.7. The second-order valence-electron chi connectivity index (χ2n) is 3.84. The number of ketones is 1. The highest BCUT2D eigenvalue weighted by Gasteiger charge is 2.08. The molecule has 100 valence electrons. The van der Waals surface area contributed by atoms with E-state index >= 15 is 0 Å². The minimum atomic E-state index is 0.139. The van der Waals surface area contributed by atoms with Crippen molar-refractivity contribution in [2.45, 2.75) is 6.42 Å². The van der Waals surface area contributed by atoms with Gasteiger partial charge in [0.2, 0.25) is 0 Å². The fourth-order valence-corrected chi connectivity index (χ4v) is 1.88. The van der Waals surface area contributed by atoms with E-state index in [1.807, 2.05) is 18.2 Å². The molecule has 1 aromatic rings. The van der Waals surface area contributed by atoms with Crippen LogP contribution in [0.15, 0.2) is 22.7 Å². The first-order valence-corrected chi connectivity index (χ1v) is 6.50. The van der Waals surface area contributed by atoms with E-state index in [0.29, 0.717) is 26.1 Å². The van der Waals surface area contributed by atoms with Gasteiger partial charge in [-0.3, -0.25) is 4.79 Å². The van der Waals surface area contributed by atoms with Crippen molar-refractivity contribution in [2.75, 3.05) is 33.9 Å². The van der Waals surface area contributed by atoms with Crippen LogP contribution in [0.25, 0.3) is 0 Å².